The summed E-state index contributed by atoms with van der Waals surface area (Å²) in [5.74, 6) is -0.114. The van der Waals surface area contributed by atoms with E-state index in [1.54, 1.807) is 6.92 Å². The Labute approximate surface area is 136 Å². The van der Waals surface area contributed by atoms with Crippen LogP contribution in [0.25, 0.3) is 0 Å². The van der Waals surface area contributed by atoms with Crippen LogP contribution in [0.3, 0.4) is 0 Å². The van der Waals surface area contributed by atoms with Crippen LogP contribution in [0.2, 0.25) is 0 Å². The molecule has 1 amide bonds. The van der Waals surface area contributed by atoms with E-state index in [1.165, 1.54) is 29.8 Å². The number of ether oxygens (including phenoxy) is 1. The van der Waals surface area contributed by atoms with Gasteiger partial charge in [-0.1, -0.05) is 25.5 Å². The molecule has 4 heteroatoms. The van der Waals surface area contributed by atoms with E-state index < -0.39 is 6.10 Å². The Kier molecular flexibility index (Phi) is 6.15. The molecule has 0 saturated heterocycles. The normalized spacial score (nSPS) is 11.8. The lowest BCUT2D eigenvalue weighted by molar-refractivity contribution is -0.122. The van der Waals surface area contributed by atoms with E-state index in [4.69, 9.17) is 4.74 Å². The first-order valence-corrected chi connectivity index (χ1v) is 7.90. The summed E-state index contributed by atoms with van der Waals surface area (Å²) in [7, 11) is 0. The van der Waals surface area contributed by atoms with Crippen LogP contribution in [0.4, 0.5) is 10.1 Å². The third-order valence-electron chi connectivity index (χ3n) is 3.54. The number of carbonyl (C=O) groups is 1. The third-order valence-corrected chi connectivity index (χ3v) is 3.54. The van der Waals surface area contributed by atoms with E-state index in [1.807, 2.05) is 24.3 Å². The van der Waals surface area contributed by atoms with E-state index in [0.29, 0.717) is 5.75 Å². The van der Waals surface area contributed by atoms with Gasteiger partial charge in [-0.25, -0.2) is 4.39 Å². The van der Waals surface area contributed by atoms with Crippen LogP contribution in [0, 0.1) is 5.82 Å². The number of halogens is 1. The van der Waals surface area contributed by atoms with Gasteiger partial charge < -0.3 is 10.1 Å². The molecular weight excluding hydrogens is 293 g/mol. The quantitative estimate of drug-likeness (QED) is 0.812. The van der Waals surface area contributed by atoms with Crippen molar-refractivity contribution in [2.24, 2.45) is 0 Å². The van der Waals surface area contributed by atoms with Crippen molar-refractivity contribution in [2.75, 3.05) is 5.32 Å². The van der Waals surface area contributed by atoms with Gasteiger partial charge in [0.1, 0.15) is 11.6 Å². The molecule has 3 nitrogen and oxygen atoms in total. The molecule has 2 aromatic carbocycles. The number of amides is 1. The SMILES string of the molecule is CCCCc1ccc(NC(=O)C(C)Oc2ccc(F)cc2)cc1. The number of aryl methyl sites for hydroxylation is 1. The van der Waals surface area contributed by atoms with Gasteiger partial charge in [-0.3, -0.25) is 4.79 Å². The first kappa shape index (κ1) is 17.0. The highest BCUT2D eigenvalue weighted by Gasteiger charge is 2.14. The molecule has 122 valence electrons. The van der Waals surface area contributed by atoms with Crippen LogP contribution >= 0.6 is 0 Å². The Balaban J connectivity index is 1.88. The fraction of sp³-hybridized carbons (Fsp3) is 0.316. The van der Waals surface area contributed by atoms with Gasteiger partial charge in [-0.05, 0) is 61.7 Å². The molecule has 0 aliphatic heterocycles. The van der Waals surface area contributed by atoms with Gasteiger partial charge >= 0.3 is 0 Å². The Morgan fingerprint density at radius 2 is 1.78 bits per heavy atom. The Bertz CT molecular complexity index is 623. The molecular formula is C19H22FNO2. The third kappa shape index (κ3) is 5.40. The second kappa shape index (κ2) is 8.32. The molecule has 0 heterocycles. The second-order valence-electron chi connectivity index (χ2n) is 5.50. The minimum absolute atomic E-state index is 0.240. The van der Waals surface area contributed by atoms with Crippen molar-refractivity contribution in [3.63, 3.8) is 0 Å². The first-order valence-electron chi connectivity index (χ1n) is 7.90. The minimum atomic E-state index is -0.666. The summed E-state index contributed by atoms with van der Waals surface area (Å²) in [4.78, 5) is 12.1. The monoisotopic (exact) mass is 315 g/mol. The lowest BCUT2D eigenvalue weighted by Crippen LogP contribution is -2.30. The van der Waals surface area contributed by atoms with Gasteiger partial charge in [0.15, 0.2) is 6.10 Å². The van der Waals surface area contributed by atoms with Gasteiger partial charge in [0.05, 0.1) is 0 Å². The molecule has 0 aromatic heterocycles. The maximum atomic E-state index is 12.8. The van der Waals surface area contributed by atoms with Crippen molar-refractivity contribution in [3.8, 4) is 5.75 Å². The van der Waals surface area contributed by atoms with Crippen LogP contribution in [-0.4, -0.2) is 12.0 Å². The van der Waals surface area contributed by atoms with Gasteiger partial charge in [-0.15, -0.1) is 0 Å². The van der Waals surface area contributed by atoms with Gasteiger partial charge in [0, 0.05) is 5.69 Å². The molecule has 0 spiro atoms. The molecule has 1 N–H and O–H groups in total. The van der Waals surface area contributed by atoms with Crippen molar-refractivity contribution in [1.29, 1.82) is 0 Å². The molecule has 23 heavy (non-hydrogen) atoms. The molecule has 0 fully saturated rings. The fourth-order valence-corrected chi connectivity index (χ4v) is 2.15. The smallest absolute Gasteiger partial charge is 0.265 e. The fourth-order valence-electron chi connectivity index (χ4n) is 2.15. The number of nitrogens with one attached hydrogen (secondary N) is 1. The van der Waals surface area contributed by atoms with E-state index in [2.05, 4.69) is 12.2 Å². The second-order valence-corrected chi connectivity index (χ2v) is 5.50. The van der Waals surface area contributed by atoms with E-state index >= 15 is 0 Å². The summed E-state index contributed by atoms with van der Waals surface area (Å²) in [5.41, 5.74) is 2.00. The molecule has 0 aliphatic carbocycles. The molecule has 0 saturated carbocycles. The Hall–Kier alpha value is -2.36. The molecule has 2 aromatic rings. The lowest BCUT2D eigenvalue weighted by Gasteiger charge is -2.15. The topological polar surface area (TPSA) is 38.3 Å². The predicted octanol–water partition coefficient (Wildman–Crippen LogP) is 4.57. The Morgan fingerprint density at radius 3 is 2.39 bits per heavy atom. The van der Waals surface area contributed by atoms with Gasteiger partial charge in [-0.2, -0.15) is 0 Å². The summed E-state index contributed by atoms with van der Waals surface area (Å²) in [6, 6.07) is 13.4. The number of hydrogen-bond donors (Lipinski definition) is 1. The molecule has 0 bridgehead atoms. The van der Waals surface area contributed by atoms with Crippen LogP contribution in [0.5, 0.6) is 5.75 Å². The van der Waals surface area contributed by atoms with Crippen molar-refractivity contribution < 1.29 is 13.9 Å². The lowest BCUT2D eigenvalue weighted by atomic mass is 10.1. The number of benzene rings is 2. The molecule has 1 unspecified atom stereocenters. The number of anilines is 1. The molecule has 2 rings (SSSR count). The number of unbranched alkanes of at least 4 members (excludes halogenated alkanes) is 1. The summed E-state index contributed by atoms with van der Waals surface area (Å²) in [6.07, 6.45) is 2.71. The van der Waals surface area contributed by atoms with Crippen LogP contribution < -0.4 is 10.1 Å². The van der Waals surface area contributed by atoms with Crippen LogP contribution in [-0.2, 0) is 11.2 Å². The van der Waals surface area contributed by atoms with E-state index in [0.717, 1.165) is 24.9 Å². The van der Waals surface area contributed by atoms with Gasteiger partial charge in [0.2, 0.25) is 0 Å². The summed E-state index contributed by atoms with van der Waals surface area (Å²) in [5, 5.41) is 2.82. The standard InChI is InChI=1S/C19H22FNO2/c1-3-4-5-15-6-10-17(11-7-15)21-19(22)14(2)23-18-12-8-16(20)9-13-18/h6-14H,3-5H2,1-2H3,(H,21,22). The van der Waals surface area contributed by atoms with Crippen LogP contribution in [0.1, 0.15) is 32.3 Å². The van der Waals surface area contributed by atoms with E-state index in [-0.39, 0.29) is 11.7 Å². The maximum absolute atomic E-state index is 12.8. The average molecular weight is 315 g/mol. The van der Waals surface area contributed by atoms with Crippen LogP contribution in [0.15, 0.2) is 48.5 Å². The van der Waals surface area contributed by atoms with E-state index in [9.17, 15) is 9.18 Å². The minimum Gasteiger partial charge on any atom is -0.481 e. The summed E-state index contributed by atoms with van der Waals surface area (Å²) < 4.78 is 18.3. The van der Waals surface area contributed by atoms with Crippen molar-refractivity contribution in [3.05, 3.63) is 59.9 Å². The molecule has 1 atom stereocenters. The average Bonchev–Trinajstić information content (AvgIpc) is 2.56. The zero-order valence-corrected chi connectivity index (χ0v) is 13.5. The van der Waals surface area contributed by atoms with Crippen molar-refractivity contribution >= 4 is 11.6 Å². The highest BCUT2D eigenvalue weighted by molar-refractivity contribution is 5.94. The largest absolute Gasteiger partial charge is 0.481 e. The van der Waals surface area contributed by atoms with Crippen molar-refractivity contribution in [1.82, 2.24) is 0 Å². The summed E-state index contributed by atoms with van der Waals surface area (Å²) in [6.45, 7) is 3.82. The number of carbonyl (C=O) groups excluding carboxylic acids is 1. The zero-order valence-electron chi connectivity index (χ0n) is 13.5. The first-order chi connectivity index (χ1) is 11.1. The Morgan fingerprint density at radius 1 is 1.13 bits per heavy atom. The maximum Gasteiger partial charge on any atom is 0.265 e. The highest BCUT2D eigenvalue weighted by Crippen LogP contribution is 2.15. The highest BCUT2D eigenvalue weighted by atomic mass is 19.1. The number of hydrogen-bond acceptors (Lipinski definition) is 2. The molecule has 0 aliphatic rings. The number of rotatable bonds is 7. The summed E-state index contributed by atoms with van der Waals surface area (Å²) >= 11 is 0. The van der Waals surface area contributed by atoms with Crippen molar-refractivity contribution in [2.45, 2.75) is 39.2 Å². The zero-order chi connectivity index (χ0) is 16.7. The van der Waals surface area contributed by atoms with Gasteiger partial charge in [0.25, 0.3) is 5.91 Å². The predicted molar refractivity (Wildman–Crippen MR) is 90.2 cm³/mol. The molecule has 0 radical (unpaired) electrons.